The van der Waals surface area contributed by atoms with E-state index >= 15 is 0 Å². The van der Waals surface area contributed by atoms with Gasteiger partial charge in [-0.1, -0.05) is 19.1 Å². The van der Waals surface area contributed by atoms with Gasteiger partial charge in [0.2, 0.25) is 5.91 Å². The molecule has 0 spiro atoms. The van der Waals surface area contributed by atoms with E-state index in [0.717, 1.165) is 31.5 Å². The van der Waals surface area contributed by atoms with E-state index in [-0.39, 0.29) is 30.0 Å². The zero-order valence-corrected chi connectivity index (χ0v) is 12.5. The van der Waals surface area contributed by atoms with Crippen LogP contribution in [0.15, 0.2) is 24.3 Å². The van der Waals surface area contributed by atoms with Gasteiger partial charge < -0.3 is 10.6 Å². The average molecular weight is 301 g/mol. The van der Waals surface area contributed by atoms with Crippen molar-refractivity contribution in [3.8, 4) is 0 Å². The van der Waals surface area contributed by atoms with Crippen LogP contribution in [0.1, 0.15) is 18.9 Å². The molecule has 1 saturated heterocycles. The maximum Gasteiger partial charge on any atom is 0.226 e. The molecule has 20 heavy (non-hydrogen) atoms. The SMILES string of the molecule is CC(CN)C(=O)N1CCC(Cc2ccc(F)cc2)C1.Cl. The maximum atomic E-state index is 12.8. The number of amides is 1. The Kier molecular flexibility index (Phi) is 6.43. The Balaban J connectivity index is 0.00000200. The van der Waals surface area contributed by atoms with Crippen LogP contribution in [0.2, 0.25) is 0 Å². The maximum absolute atomic E-state index is 12.8. The predicted molar refractivity (Wildman–Crippen MR) is 80.3 cm³/mol. The smallest absolute Gasteiger partial charge is 0.226 e. The minimum Gasteiger partial charge on any atom is -0.342 e. The molecular weight excluding hydrogens is 279 g/mol. The molecule has 1 aliphatic heterocycles. The normalized spacial score (nSPS) is 19.6. The fourth-order valence-electron chi connectivity index (χ4n) is 2.57. The summed E-state index contributed by atoms with van der Waals surface area (Å²) in [5, 5.41) is 0. The Hall–Kier alpha value is -1.13. The number of hydrogen-bond donors (Lipinski definition) is 1. The largest absolute Gasteiger partial charge is 0.342 e. The second-order valence-corrected chi connectivity index (χ2v) is 5.41. The molecule has 112 valence electrons. The first-order valence-corrected chi connectivity index (χ1v) is 6.83. The third-order valence-corrected chi connectivity index (χ3v) is 3.81. The van der Waals surface area contributed by atoms with Crippen molar-refractivity contribution in [3.05, 3.63) is 35.6 Å². The van der Waals surface area contributed by atoms with Gasteiger partial charge in [0.1, 0.15) is 5.82 Å². The van der Waals surface area contributed by atoms with Gasteiger partial charge in [-0.2, -0.15) is 0 Å². The lowest BCUT2D eigenvalue weighted by atomic mass is 9.99. The summed E-state index contributed by atoms with van der Waals surface area (Å²) >= 11 is 0. The van der Waals surface area contributed by atoms with Crippen molar-refractivity contribution in [2.24, 2.45) is 17.6 Å². The van der Waals surface area contributed by atoms with Crippen LogP contribution >= 0.6 is 12.4 Å². The van der Waals surface area contributed by atoms with Crippen LogP contribution in [0.4, 0.5) is 4.39 Å². The predicted octanol–water partition coefficient (Wildman–Crippen LogP) is 2.23. The number of likely N-dealkylation sites (tertiary alicyclic amines) is 1. The van der Waals surface area contributed by atoms with E-state index in [1.807, 2.05) is 24.0 Å². The monoisotopic (exact) mass is 300 g/mol. The second kappa shape index (κ2) is 7.60. The Morgan fingerprint density at radius 2 is 2.10 bits per heavy atom. The highest BCUT2D eigenvalue weighted by atomic mass is 35.5. The summed E-state index contributed by atoms with van der Waals surface area (Å²) < 4.78 is 12.8. The van der Waals surface area contributed by atoms with E-state index in [9.17, 15) is 9.18 Å². The van der Waals surface area contributed by atoms with Gasteiger partial charge in [-0.25, -0.2) is 4.39 Å². The van der Waals surface area contributed by atoms with E-state index in [4.69, 9.17) is 5.73 Å². The fourth-order valence-corrected chi connectivity index (χ4v) is 2.57. The summed E-state index contributed by atoms with van der Waals surface area (Å²) in [6, 6.07) is 6.62. The van der Waals surface area contributed by atoms with Crippen molar-refractivity contribution >= 4 is 18.3 Å². The molecule has 0 aromatic heterocycles. The molecule has 2 rings (SSSR count). The van der Waals surface area contributed by atoms with Gasteiger partial charge in [-0.15, -0.1) is 12.4 Å². The van der Waals surface area contributed by atoms with Crippen LogP contribution in [-0.4, -0.2) is 30.4 Å². The first-order chi connectivity index (χ1) is 9.10. The van der Waals surface area contributed by atoms with E-state index in [1.165, 1.54) is 12.1 Å². The molecule has 2 N–H and O–H groups in total. The molecule has 0 radical (unpaired) electrons. The Morgan fingerprint density at radius 3 is 2.70 bits per heavy atom. The minimum atomic E-state index is -0.205. The van der Waals surface area contributed by atoms with Crippen LogP contribution in [-0.2, 0) is 11.2 Å². The molecule has 2 unspecified atom stereocenters. The first-order valence-electron chi connectivity index (χ1n) is 6.83. The molecule has 1 aromatic rings. The van der Waals surface area contributed by atoms with Crippen molar-refractivity contribution in [2.45, 2.75) is 19.8 Å². The zero-order valence-electron chi connectivity index (χ0n) is 11.7. The van der Waals surface area contributed by atoms with Gasteiger partial charge in [0.05, 0.1) is 0 Å². The molecule has 1 amide bonds. The lowest BCUT2D eigenvalue weighted by molar-refractivity contribution is -0.133. The van der Waals surface area contributed by atoms with E-state index in [1.54, 1.807) is 0 Å². The number of halogens is 2. The number of nitrogens with zero attached hydrogens (tertiary/aromatic N) is 1. The van der Waals surface area contributed by atoms with E-state index in [2.05, 4.69) is 0 Å². The summed E-state index contributed by atoms with van der Waals surface area (Å²) in [5.41, 5.74) is 6.66. The molecule has 1 heterocycles. The molecule has 5 heteroatoms. The van der Waals surface area contributed by atoms with Crippen LogP contribution in [0.25, 0.3) is 0 Å². The van der Waals surface area contributed by atoms with Crippen molar-refractivity contribution in [1.82, 2.24) is 4.90 Å². The van der Waals surface area contributed by atoms with Gasteiger partial charge in [0, 0.05) is 25.6 Å². The van der Waals surface area contributed by atoms with E-state index < -0.39 is 0 Å². The second-order valence-electron chi connectivity index (χ2n) is 5.41. The van der Waals surface area contributed by atoms with Gasteiger partial charge in [-0.05, 0) is 36.5 Å². The van der Waals surface area contributed by atoms with Crippen LogP contribution < -0.4 is 5.73 Å². The summed E-state index contributed by atoms with van der Waals surface area (Å²) in [7, 11) is 0. The highest BCUT2D eigenvalue weighted by Crippen LogP contribution is 2.22. The number of benzene rings is 1. The highest BCUT2D eigenvalue weighted by molar-refractivity contribution is 5.85. The van der Waals surface area contributed by atoms with Crippen molar-refractivity contribution in [2.75, 3.05) is 19.6 Å². The third-order valence-electron chi connectivity index (χ3n) is 3.81. The molecule has 0 aliphatic carbocycles. The molecule has 1 fully saturated rings. The summed E-state index contributed by atoms with van der Waals surface area (Å²) in [4.78, 5) is 13.9. The highest BCUT2D eigenvalue weighted by Gasteiger charge is 2.28. The summed E-state index contributed by atoms with van der Waals surface area (Å²) in [6.45, 7) is 3.88. The number of carbonyl (C=O) groups is 1. The van der Waals surface area contributed by atoms with Gasteiger partial charge in [0.25, 0.3) is 0 Å². The van der Waals surface area contributed by atoms with Crippen LogP contribution in [0.3, 0.4) is 0 Å². The number of nitrogens with two attached hydrogens (primary N) is 1. The summed E-state index contributed by atoms with van der Waals surface area (Å²) in [6.07, 6.45) is 1.92. The van der Waals surface area contributed by atoms with E-state index in [0.29, 0.717) is 12.5 Å². The lowest BCUT2D eigenvalue weighted by Crippen LogP contribution is -2.36. The van der Waals surface area contributed by atoms with Crippen LogP contribution in [0.5, 0.6) is 0 Å². The molecule has 3 nitrogen and oxygen atoms in total. The quantitative estimate of drug-likeness (QED) is 0.927. The third kappa shape index (κ3) is 4.18. The fraction of sp³-hybridized carbons (Fsp3) is 0.533. The van der Waals surface area contributed by atoms with Crippen molar-refractivity contribution in [3.63, 3.8) is 0 Å². The Bertz CT molecular complexity index is 438. The van der Waals surface area contributed by atoms with Crippen molar-refractivity contribution < 1.29 is 9.18 Å². The Labute approximate surface area is 125 Å². The molecule has 1 aromatic carbocycles. The minimum absolute atomic E-state index is 0. The number of hydrogen-bond acceptors (Lipinski definition) is 2. The van der Waals surface area contributed by atoms with Crippen LogP contribution in [0, 0.1) is 17.7 Å². The number of rotatable bonds is 4. The molecule has 0 bridgehead atoms. The Morgan fingerprint density at radius 1 is 1.45 bits per heavy atom. The lowest BCUT2D eigenvalue weighted by Gasteiger charge is -2.20. The molecule has 2 atom stereocenters. The topological polar surface area (TPSA) is 46.3 Å². The first kappa shape index (κ1) is 16.9. The van der Waals surface area contributed by atoms with Gasteiger partial charge >= 0.3 is 0 Å². The summed E-state index contributed by atoms with van der Waals surface area (Å²) in [5.74, 6) is 0.330. The molecule has 1 aliphatic rings. The van der Waals surface area contributed by atoms with Gasteiger partial charge in [-0.3, -0.25) is 4.79 Å². The van der Waals surface area contributed by atoms with Crippen molar-refractivity contribution in [1.29, 1.82) is 0 Å². The standard InChI is InChI=1S/C15H21FN2O.ClH/c1-11(9-17)15(19)18-7-6-13(10-18)8-12-2-4-14(16)5-3-12;/h2-5,11,13H,6-10,17H2,1H3;1H. The zero-order chi connectivity index (χ0) is 13.8. The van der Waals surface area contributed by atoms with Gasteiger partial charge in [0.15, 0.2) is 0 Å². The molecular formula is C15H22ClFN2O. The number of carbonyl (C=O) groups excluding carboxylic acids is 1. The average Bonchev–Trinajstić information content (AvgIpc) is 2.88. The molecule has 0 saturated carbocycles.